The van der Waals surface area contributed by atoms with Crippen LogP contribution in [0.2, 0.25) is 0 Å². The lowest BCUT2D eigenvalue weighted by molar-refractivity contribution is 0.580. The Morgan fingerprint density at radius 1 is 1.13 bits per heavy atom. The lowest BCUT2D eigenvalue weighted by Gasteiger charge is -2.19. The molecule has 23 heavy (non-hydrogen) atoms. The van der Waals surface area contributed by atoms with Crippen LogP contribution in [0.5, 0.6) is 0 Å². The molecule has 0 amide bonds. The van der Waals surface area contributed by atoms with Gasteiger partial charge in [0.2, 0.25) is 10.0 Å². The maximum atomic E-state index is 12.5. The van der Waals surface area contributed by atoms with Crippen molar-refractivity contribution >= 4 is 15.7 Å². The minimum atomic E-state index is -3.45. The van der Waals surface area contributed by atoms with Crippen molar-refractivity contribution in [1.29, 1.82) is 0 Å². The second kappa shape index (κ2) is 6.34. The molecule has 0 radical (unpaired) electrons. The first-order valence-corrected chi connectivity index (χ1v) is 9.35. The molecule has 1 aliphatic rings. The third-order valence-corrected chi connectivity index (χ3v) is 5.90. The van der Waals surface area contributed by atoms with Crippen molar-refractivity contribution in [1.82, 2.24) is 4.72 Å². The van der Waals surface area contributed by atoms with Gasteiger partial charge < -0.3 is 4.90 Å². The Kier molecular flexibility index (Phi) is 4.41. The van der Waals surface area contributed by atoms with E-state index in [1.807, 2.05) is 38.1 Å². The Bertz CT molecular complexity index is 816. The summed E-state index contributed by atoms with van der Waals surface area (Å²) in [6, 6.07) is 13.7. The summed E-state index contributed by atoms with van der Waals surface area (Å²) in [6.45, 7) is 5.83. The molecule has 0 fully saturated rings. The number of aryl methyl sites for hydroxylation is 2. The summed E-state index contributed by atoms with van der Waals surface area (Å²) >= 11 is 0. The monoisotopic (exact) mass is 330 g/mol. The van der Waals surface area contributed by atoms with Crippen molar-refractivity contribution in [2.24, 2.45) is 0 Å². The highest BCUT2D eigenvalue weighted by atomic mass is 32.2. The minimum Gasteiger partial charge on any atom is -0.370 e. The van der Waals surface area contributed by atoms with Crippen molar-refractivity contribution in [3.05, 3.63) is 59.2 Å². The number of nitrogens with zero attached hydrogens (tertiary/aromatic N) is 1. The van der Waals surface area contributed by atoms with Gasteiger partial charge in [-0.1, -0.05) is 35.9 Å². The van der Waals surface area contributed by atoms with Gasteiger partial charge in [0.15, 0.2) is 0 Å². The van der Waals surface area contributed by atoms with E-state index in [0.29, 0.717) is 18.0 Å². The maximum Gasteiger partial charge on any atom is 0.240 e. The first-order valence-electron chi connectivity index (χ1n) is 7.87. The quantitative estimate of drug-likeness (QED) is 0.917. The highest BCUT2D eigenvalue weighted by Gasteiger charge is 2.20. The van der Waals surface area contributed by atoms with E-state index in [1.165, 1.54) is 11.3 Å². The largest absolute Gasteiger partial charge is 0.370 e. The molecule has 122 valence electrons. The van der Waals surface area contributed by atoms with Gasteiger partial charge >= 0.3 is 0 Å². The molecule has 0 atom stereocenters. The average Bonchev–Trinajstić information content (AvgIpc) is 2.90. The topological polar surface area (TPSA) is 49.4 Å². The van der Waals surface area contributed by atoms with E-state index in [-0.39, 0.29) is 0 Å². The number of sulfonamides is 1. The first-order chi connectivity index (χ1) is 11.0. The third-order valence-electron chi connectivity index (χ3n) is 4.28. The molecule has 0 saturated heterocycles. The number of hydrogen-bond acceptors (Lipinski definition) is 3. The van der Waals surface area contributed by atoms with Crippen LogP contribution in [0.4, 0.5) is 5.69 Å². The lowest BCUT2D eigenvalue weighted by atomic mass is 10.2. The molecule has 1 N–H and O–H groups in total. The molecule has 4 nitrogen and oxygen atoms in total. The number of hydrogen-bond donors (Lipinski definition) is 1. The van der Waals surface area contributed by atoms with Crippen molar-refractivity contribution in [2.45, 2.75) is 25.2 Å². The number of anilines is 1. The van der Waals surface area contributed by atoms with Gasteiger partial charge in [-0.05, 0) is 43.5 Å². The van der Waals surface area contributed by atoms with Crippen molar-refractivity contribution in [2.75, 3.05) is 24.5 Å². The molecule has 0 bridgehead atoms. The van der Waals surface area contributed by atoms with Crippen LogP contribution in [0.25, 0.3) is 0 Å². The number of benzene rings is 2. The summed E-state index contributed by atoms with van der Waals surface area (Å²) in [5.74, 6) is 0. The van der Waals surface area contributed by atoms with Crippen LogP contribution >= 0.6 is 0 Å². The molecule has 5 heteroatoms. The number of nitrogens with one attached hydrogen (secondary N) is 1. The predicted octanol–water partition coefficient (Wildman–Crippen LogP) is 2.64. The standard InChI is InChI=1S/C18H22N2O2S/c1-14-7-8-18(15(2)13-14)23(21,22)19-10-12-20-11-9-16-5-3-4-6-17(16)20/h3-8,13,19H,9-12H2,1-2H3. The zero-order valence-electron chi connectivity index (χ0n) is 13.5. The van der Waals surface area contributed by atoms with Gasteiger partial charge in [0.05, 0.1) is 4.90 Å². The van der Waals surface area contributed by atoms with Crippen LogP contribution in [0.15, 0.2) is 47.4 Å². The first kappa shape index (κ1) is 16.0. The van der Waals surface area contributed by atoms with Crippen LogP contribution in [-0.4, -0.2) is 28.1 Å². The summed E-state index contributed by atoms with van der Waals surface area (Å²) in [6.07, 6.45) is 1.03. The molecule has 2 aromatic carbocycles. The van der Waals surface area contributed by atoms with E-state index in [2.05, 4.69) is 21.8 Å². The SMILES string of the molecule is Cc1ccc(S(=O)(=O)NCCN2CCc3ccccc32)c(C)c1. The fourth-order valence-corrected chi connectivity index (χ4v) is 4.38. The second-order valence-electron chi connectivity index (χ2n) is 6.03. The predicted molar refractivity (Wildman–Crippen MR) is 93.5 cm³/mol. The molecule has 0 aromatic heterocycles. The number of fused-ring (bicyclic) bond motifs is 1. The van der Waals surface area contributed by atoms with Gasteiger partial charge in [-0.25, -0.2) is 13.1 Å². The van der Waals surface area contributed by atoms with Crippen molar-refractivity contribution < 1.29 is 8.42 Å². The summed E-state index contributed by atoms with van der Waals surface area (Å²) in [5, 5.41) is 0. The molecule has 2 aromatic rings. The van der Waals surface area contributed by atoms with Gasteiger partial charge in [-0.15, -0.1) is 0 Å². The maximum absolute atomic E-state index is 12.5. The molecular formula is C18H22N2O2S. The van der Waals surface area contributed by atoms with Gasteiger partial charge in [-0.3, -0.25) is 0 Å². The third kappa shape index (κ3) is 3.41. The molecule has 1 aliphatic heterocycles. The van der Waals surface area contributed by atoms with Gasteiger partial charge in [-0.2, -0.15) is 0 Å². The Balaban J connectivity index is 1.64. The molecule has 0 spiro atoms. The highest BCUT2D eigenvalue weighted by Crippen LogP contribution is 2.26. The fourth-order valence-electron chi connectivity index (χ4n) is 3.13. The van der Waals surface area contributed by atoms with Crippen LogP contribution in [0.3, 0.4) is 0 Å². The van der Waals surface area contributed by atoms with E-state index in [0.717, 1.165) is 24.1 Å². The Morgan fingerprint density at radius 3 is 2.70 bits per heavy atom. The van der Waals surface area contributed by atoms with E-state index in [4.69, 9.17) is 0 Å². The highest BCUT2D eigenvalue weighted by molar-refractivity contribution is 7.89. The summed E-state index contributed by atoms with van der Waals surface area (Å²) in [7, 11) is -3.45. The molecule has 0 aliphatic carbocycles. The van der Waals surface area contributed by atoms with Crippen LogP contribution < -0.4 is 9.62 Å². The number of rotatable bonds is 5. The molecule has 3 rings (SSSR count). The van der Waals surface area contributed by atoms with Gasteiger partial charge in [0.25, 0.3) is 0 Å². The molecular weight excluding hydrogens is 308 g/mol. The summed E-state index contributed by atoms with van der Waals surface area (Å²) in [5.41, 5.74) is 4.40. The van der Waals surface area contributed by atoms with Gasteiger partial charge in [0.1, 0.15) is 0 Å². The van der Waals surface area contributed by atoms with E-state index < -0.39 is 10.0 Å². The smallest absolute Gasteiger partial charge is 0.240 e. The Morgan fingerprint density at radius 2 is 1.91 bits per heavy atom. The summed E-state index contributed by atoms with van der Waals surface area (Å²) < 4.78 is 27.6. The zero-order chi connectivity index (χ0) is 16.4. The van der Waals surface area contributed by atoms with Gasteiger partial charge in [0, 0.05) is 25.3 Å². The van der Waals surface area contributed by atoms with Crippen LogP contribution in [0, 0.1) is 13.8 Å². The summed E-state index contributed by atoms with van der Waals surface area (Å²) in [4.78, 5) is 2.60. The zero-order valence-corrected chi connectivity index (χ0v) is 14.4. The van der Waals surface area contributed by atoms with Crippen molar-refractivity contribution in [3.8, 4) is 0 Å². The van der Waals surface area contributed by atoms with E-state index in [9.17, 15) is 8.42 Å². The minimum absolute atomic E-state index is 0.366. The molecule has 1 heterocycles. The second-order valence-corrected chi connectivity index (χ2v) is 7.77. The van der Waals surface area contributed by atoms with E-state index >= 15 is 0 Å². The average molecular weight is 330 g/mol. The number of para-hydroxylation sites is 1. The normalized spacial score (nSPS) is 14.1. The van der Waals surface area contributed by atoms with Crippen LogP contribution in [0.1, 0.15) is 16.7 Å². The Labute approximate surface area is 138 Å². The van der Waals surface area contributed by atoms with E-state index in [1.54, 1.807) is 6.07 Å². The lowest BCUT2D eigenvalue weighted by Crippen LogP contribution is -2.34. The fraction of sp³-hybridized carbons (Fsp3) is 0.333. The Hall–Kier alpha value is -1.85. The molecule has 0 unspecified atom stereocenters. The van der Waals surface area contributed by atoms with Crippen LogP contribution in [-0.2, 0) is 16.4 Å². The molecule has 0 saturated carbocycles. The van der Waals surface area contributed by atoms with Crippen molar-refractivity contribution in [3.63, 3.8) is 0 Å².